The quantitative estimate of drug-likeness (QED) is 0.632. The van der Waals surface area contributed by atoms with E-state index in [1.807, 2.05) is 30.3 Å². The summed E-state index contributed by atoms with van der Waals surface area (Å²) in [5.41, 5.74) is 0.977. The van der Waals surface area contributed by atoms with Gasteiger partial charge in [-0.1, -0.05) is 30.3 Å². The molecule has 0 saturated heterocycles. The molecule has 1 aromatic rings. The summed E-state index contributed by atoms with van der Waals surface area (Å²) < 4.78 is 0. The van der Waals surface area contributed by atoms with Crippen molar-refractivity contribution in [3.63, 3.8) is 0 Å². The van der Waals surface area contributed by atoms with Gasteiger partial charge < -0.3 is 0 Å². The van der Waals surface area contributed by atoms with E-state index in [9.17, 15) is 9.59 Å². The van der Waals surface area contributed by atoms with E-state index in [4.69, 9.17) is 0 Å². The molecule has 0 radical (unpaired) electrons. The van der Waals surface area contributed by atoms with Crippen LogP contribution in [0.5, 0.6) is 0 Å². The van der Waals surface area contributed by atoms with E-state index < -0.39 is 0 Å². The summed E-state index contributed by atoms with van der Waals surface area (Å²) in [6.45, 7) is 0. The second-order valence-corrected chi connectivity index (χ2v) is 3.64. The summed E-state index contributed by atoms with van der Waals surface area (Å²) in [6.07, 6.45) is 2.08. The predicted molar refractivity (Wildman–Crippen MR) is 53.0 cm³/mol. The number of ketones is 2. The van der Waals surface area contributed by atoms with Crippen LogP contribution >= 0.6 is 0 Å². The van der Waals surface area contributed by atoms with E-state index in [0.29, 0.717) is 6.42 Å². The van der Waals surface area contributed by atoms with Crippen LogP contribution in [0.15, 0.2) is 30.3 Å². The minimum atomic E-state index is -0.206. The van der Waals surface area contributed by atoms with Crippen molar-refractivity contribution in [3.8, 4) is 0 Å². The molecule has 0 heterocycles. The summed E-state index contributed by atoms with van der Waals surface area (Å²) in [6, 6.07) is 9.56. The Bertz CT molecular complexity index is 354. The minimum absolute atomic E-state index is 0.183. The van der Waals surface area contributed by atoms with Crippen LogP contribution in [-0.2, 0) is 9.59 Å². The van der Waals surface area contributed by atoms with Crippen LogP contribution < -0.4 is 0 Å². The van der Waals surface area contributed by atoms with Gasteiger partial charge in [-0.15, -0.1) is 0 Å². The van der Waals surface area contributed by atoms with E-state index in [-0.39, 0.29) is 17.5 Å². The molecule has 0 aliphatic heterocycles. The molecule has 2 nitrogen and oxygen atoms in total. The largest absolute Gasteiger partial charge is 0.291 e. The molecule has 0 N–H and O–H groups in total. The first-order valence-electron chi connectivity index (χ1n) is 4.91. The summed E-state index contributed by atoms with van der Waals surface area (Å²) >= 11 is 0. The molecule has 1 unspecified atom stereocenters. The number of carbonyl (C=O) groups is 2. The van der Waals surface area contributed by atoms with Crippen LogP contribution in [0, 0.1) is 0 Å². The van der Waals surface area contributed by atoms with Crippen molar-refractivity contribution in [3.05, 3.63) is 35.9 Å². The Balaban J connectivity index is 2.26. The van der Waals surface area contributed by atoms with Gasteiger partial charge in [0.2, 0.25) is 5.78 Å². The lowest BCUT2D eigenvalue weighted by atomic mass is 9.82. The summed E-state index contributed by atoms with van der Waals surface area (Å²) in [7, 11) is 0. The number of hydrogen-bond acceptors (Lipinski definition) is 2. The standard InChI is InChI=1S/C12H12O2/c13-11-8-4-7-10(12(11)14)9-5-2-1-3-6-9/h1-3,5-6,10H,4,7-8H2. The molecule has 2 heteroatoms. The van der Waals surface area contributed by atoms with Gasteiger partial charge in [0, 0.05) is 6.42 Å². The number of Topliss-reactive ketones (excluding diaryl/α,β-unsaturated/α-hetero) is 2. The fourth-order valence-corrected chi connectivity index (χ4v) is 1.92. The van der Waals surface area contributed by atoms with E-state index >= 15 is 0 Å². The SMILES string of the molecule is O=C1CCCC(c2ccccc2)C1=O. The van der Waals surface area contributed by atoms with Gasteiger partial charge in [-0.3, -0.25) is 9.59 Å². The lowest BCUT2D eigenvalue weighted by Gasteiger charge is -2.19. The van der Waals surface area contributed by atoms with Crippen molar-refractivity contribution in [2.75, 3.05) is 0 Å². The van der Waals surface area contributed by atoms with Gasteiger partial charge >= 0.3 is 0 Å². The normalized spacial score (nSPS) is 22.4. The van der Waals surface area contributed by atoms with E-state index in [1.54, 1.807) is 0 Å². The van der Waals surface area contributed by atoms with Crippen molar-refractivity contribution in [1.82, 2.24) is 0 Å². The third-order valence-corrected chi connectivity index (χ3v) is 2.69. The van der Waals surface area contributed by atoms with Gasteiger partial charge in [-0.2, -0.15) is 0 Å². The fraction of sp³-hybridized carbons (Fsp3) is 0.333. The summed E-state index contributed by atoms with van der Waals surface area (Å²) in [5.74, 6) is -0.593. The van der Waals surface area contributed by atoms with Gasteiger partial charge in [-0.25, -0.2) is 0 Å². The van der Waals surface area contributed by atoms with Crippen LogP contribution in [0.3, 0.4) is 0 Å². The molecule has 0 amide bonds. The highest BCUT2D eigenvalue weighted by Crippen LogP contribution is 2.27. The lowest BCUT2D eigenvalue weighted by Crippen LogP contribution is -2.26. The van der Waals surface area contributed by atoms with Crippen molar-refractivity contribution < 1.29 is 9.59 Å². The first-order chi connectivity index (χ1) is 6.79. The topological polar surface area (TPSA) is 34.1 Å². The molecule has 0 spiro atoms. The molecular formula is C12H12O2. The Kier molecular flexibility index (Phi) is 2.44. The van der Waals surface area contributed by atoms with Crippen LogP contribution in [0.2, 0.25) is 0 Å². The highest BCUT2D eigenvalue weighted by atomic mass is 16.2. The van der Waals surface area contributed by atoms with Crippen molar-refractivity contribution in [2.24, 2.45) is 0 Å². The average Bonchev–Trinajstić information content (AvgIpc) is 2.23. The predicted octanol–water partition coefficient (Wildman–Crippen LogP) is 2.09. The first-order valence-corrected chi connectivity index (χ1v) is 4.91. The number of benzene rings is 1. The molecule has 2 rings (SSSR count). The Labute approximate surface area is 82.9 Å². The molecule has 1 saturated carbocycles. The van der Waals surface area contributed by atoms with Gasteiger partial charge in [-0.05, 0) is 18.4 Å². The summed E-state index contributed by atoms with van der Waals surface area (Å²) in [5, 5.41) is 0. The van der Waals surface area contributed by atoms with Crippen LogP contribution in [0.1, 0.15) is 30.7 Å². The maximum absolute atomic E-state index is 11.6. The van der Waals surface area contributed by atoms with Crippen LogP contribution in [0.4, 0.5) is 0 Å². The molecule has 1 fully saturated rings. The Morgan fingerprint density at radius 3 is 2.50 bits per heavy atom. The average molecular weight is 188 g/mol. The Hall–Kier alpha value is -1.44. The zero-order valence-electron chi connectivity index (χ0n) is 7.90. The van der Waals surface area contributed by atoms with Crippen LogP contribution in [-0.4, -0.2) is 11.6 Å². The molecule has 0 aromatic heterocycles. The van der Waals surface area contributed by atoms with E-state index in [1.165, 1.54) is 0 Å². The molecule has 14 heavy (non-hydrogen) atoms. The fourth-order valence-electron chi connectivity index (χ4n) is 1.92. The maximum Gasteiger partial charge on any atom is 0.205 e. The first kappa shape index (κ1) is 9.13. The lowest BCUT2D eigenvalue weighted by molar-refractivity contribution is -0.139. The minimum Gasteiger partial charge on any atom is -0.291 e. The highest BCUT2D eigenvalue weighted by Gasteiger charge is 2.29. The monoisotopic (exact) mass is 188 g/mol. The number of hydrogen-bond donors (Lipinski definition) is 0. The van der Waals surface area contributed by atoms with Crippen molar-refractivity contribution in [2.45, 2.75) is 25.2 Å². The van der Waals surface area contributed by atoms with Gasteiger partial charge in [0.15, 0.2) is 5.78 Å². The molecule has 1 aromatic carbocycles. The van der Waals surface area contributed by atoms with Gasteiger partial charge in [0.25, 0.3) is 0 Å². The second-order valence-electron chi connectivity index (χ2n) is 3.64. The van der Waals surface area contributed by atoms with E-state index in [0.717, 1.165) is 18.4 Å². The summed E-state index contributed by atoms with van der Waals surface area (Å²) in [4.78, 5) is 22.8. The second kappa shape index (κ2) is 3.74. The van der Waals surface area contributed by atoms with Gasteiger partial charge in [0.1, 0.15) is 0 Å². The molecule has 72 valence electrons. The van der Waals surface area contributed by atoms with E-state index in [2.05, 4.69) is 0 Å². The molecular weight excluding hydrogens is 176 g/mol. The molecule has 0 bridgehead atoms. The van der Waals surface area contributed by atoms with Crippen LogP contribution in [0.25, 0.3) is 0 Å². The number of carbonyl (C=O) groups excluding carboxylic acids is 2. The third kappa shape index (κ3) is 1.60. The number of rotatable bonds is 1. The Morgan fingerprint density at radius 2 is 1.79 bits per heavy atom. The Morgan fingerprint density at radius 1 is 1.07 bits per heavy atom. The molecule has 1 atom stereocenters. The zero-order valence-corrected chi connectivity index (χ0v) is 7.90. The van der Waals surface area contributed by atoms with Gasteiger partial charge in [0.05, 0.1) is 5.92 Å². The molecule has 1 aliphatic rings. The highest BCUT2D eigenvalue weighted by molar-refractivity contribution is 6.39. The molecule has 1 aliphatic carbocycles. The zero-order chi connectivity index (χ0) is 9.97. The third-order valence-electron chi connectivity index (χ3n) is 2.69. The smallest absolute Gasteiger partial charge is 0.205 e. The van der Waals surface area contributed by atoms with Crippen molar-refractivity contribution in [1.29, 1.82) is 0 Å². The van der Waals surface area contributed by atoms with Crippen molar-refractivity contribution >= 4 is 11.6 Å². The maximum atomic E-state index is 11.6.